The van der Waals surface area contributed by atoms with Crippen LogP contribution in [-0.2, 0) is 9.84 Å². The summed E-state index contributed by atoms with van der Waals surface area (Å²) in [5.74, 6) is 1.57. The average Bonchev–Trinajstić information content (AvgIpc) is 3.33. The summed E-state index contributed by atoms with van der Waals surface area (Å²) >= 11 is 6.13. The van der Waals surface area contributed by atoms with Gasteiger partial charge in [0.15, 0.2) is 15.7 Å². The van der Waals surface area contributed by atoms with Crippen LogP contribution in [0.4, 0.5) is 11.6 Å². The Morgan fingerprint density at radius 1 is 0.963 bits per heavy atom. The second kappa shape index (κ2) is 7.80. The van der Waals surface area contributed by atoms with E-state index in [-0.39, 0.29) is 15.3 Å². The van der Waals surface area contributed by atoms with Gasteiger partial charge >= 0.3 is 0 Å². The number of anilines is 2. The van der Waals surface area contributed by atoms with Gasteiger partial charge in [-0.3, -0.25) is 5.10 Å². The summed E-state index contributed by atoms with van der Waals surface area (Å²) in [5.41, 5.74) is 1.12. The molecule has 2 heterocycles. The topological polar surface area (TPSA) is 87.7 Å². The number of sulfone groups is 1. The molecule has 2 fully saturated rings. The number of aromatic nitrogens is 3. The van der Waals surface area contributed by atoms with Crippen molar-refractivity contribution >= 4 is 33.1 Å². The summed E-state index contributed by atoms with van der Waals surface area (Å²) in [5, 5.41) is 10.3. The van der Waals surface area contributed by atoms with Crippen LogP contribution >= 0.6 is 11.6 Å². The number of hydrogen-bond donors (Lipinski definition) is 2. The lowest BCUT2D eigenvalue weighted by atomic mass is 10.0. The molecule has 0 spiro atoms. The van der Waals surface area contributed by atoms with E-state index in [0.717, 1.165) is 37.8 Å². The largest absolute Gasteiger partial charge is 0.323 e. The van der Waals surface area contributed by atoms with Crippen molar-refractivity contribution in [3.05, 3.63) is 29.0 Å². The predicted octanol–water partition coefficient (Wildman–Crippen LogP) is 4.97. The second-order valence-corrected chi connectivity index (χ2v) is 10.2. The minimum Gasteiger partial charge on any atom is -0.323 e. The minimum absolute atomic E-state index is 0.168. The summed E-state index contributed by atoms with van der Waals surface area (Å²) in [6.07, 6.45) is 9.34. The molecule has 2 saturated carbocycles. The van der Waals surface area contributed by atoms with Crippen LogP contribution in [0, 0.1) is 0 Å². The van der Waals surface area contributed by atoms with Crippen LogP contribution in [-0.4, -0.2) is 28.8 Å². The molecule has 146 valence electrons. The van der Waals surface area contributed by atoms with Gasteiger partial charge in [-0.25, -0.2) is 13.4 Å². The molecular weight excluding hydrogens is 384 g/mol. The SMILES string of the molecule is O=S(=O)(c1cc(Cl)nc(Nc2cc(C3CCCC3)[nH]n2)c1)C1CCCCC1. The molecule has 2 N–H and O–H groups in total. The minimum atomic E-state index is -3.40. The Kier molecular flexibility index (Phi) is 5.41. The Morgan fingerprint density at radius 2 is 1.67 bits per heavy atom. The molecule has 2 aliphatic rings. The molecule has 0 aliphatic heterocycles. The quantitative estimate of drug-likeness (QED) is 0.682. The summed E-state index contributed by atoms with van der Waals surface area (Å²) < 4.78 is 26.0. The summed E-state index contributed by atoms with van der Waals surface area (Å²) in [7, 11) is -3.40. The van der Waals surface area contributed by atoms with Crippen molar-refractivity contribution in [2.45, 2.75) is 73.9 Å². The normalized spacial score (nSPS) is 19.4. The summed E-state index contributed by atoms with van der Waals surface area (Å²) in [4.78, 5) is 4.47. The maximum atomic E-state index is 13.0. The summed E-state index contributed by atoms with van der Waals surface area (Å²) in [6.45, 7) is 0. The number of nitrogens with one attached hydrogen (secondary N) is 2. The van der Waals surface area contributed by atoms with E-state index in [4.69, 9.17) is 11.6 Å². The number of halogens is 1. The van der Waals surface area contributed by atoms with Gasteiger partial charge in [-0.1, -0.05) is 43.7 Å². The van der Waals surface area contributed by atoms with Crippen molar-refractivity contribution in [3.8, 4) is 0 Å². The lowest BCUT2D eigenvalue weighted by Crippen LogP contribution is -2.24. The van der Waals surface area contributed by atoms with Crippen LogP contribution in [0.5, 0.6) is 0 Å². The molecule has 4 rings (SSSR count). The van der Waals surface area contributed by atoms with Gasteiger partial charge in [0.2, 0.25) is 0 Å². The van der Waals surface area contributed by atoms with Gasteiger partial charge < -0.3 is 5.32 Å². The van der Waals surface area contributed by atoms with E-state index in [1.165, 1.54) is 31.7 Å². The van der Waals surface area contributed by atoms with Crippen molar-refractivity contribution in [2.24, 2.45) is 0 Å². The molecule has 0 bridgehead atoms. The third-order valence-corrected chi connectivity index (χ3v) is 8.17. The highest BCUT2D eigenvalue weighted by Crippen LogP contribution is 2.34. The Labute approximate surface area is 165 Å². The molecule has 0 saturated heterocycles. The zero-order chi connectivity index (χ0) is 18.9. The zero-order valence-corrected chi connectivity index (χ0v) is 16.8. The number of nitrogens with zero attached hydrogens (tertiary/aromatic N) is 2. The summed E-state index contributed by atoms with van der Waals surface area (Å²) in [6, 6.07) is 5.00. The molecular formula is C19H25ClN4O2S. The third kappa shape index (κ3) is 4.14. The molecule has 8 heteroatoms. The lowest BCUT2D eigenvalue weighted by Gasteiger charge is -2.22. The lowest BCUT2D eigenvalue weighted by molar-refractivity contribution is 0.483. The van der Waals surface area contributed by atoms with E-state index in [0.29, 0.717) is 17.6 Å². The monoisotopic (exact) mass is 408 g/mol. The number of aromatic amines is 1. The van der Waals surface area contributed by atoms with Crippen LogP contribution < -0.4 is 5.32 Å². The molecule has 2 aromatic heterocycles. The van der Waals surface area contributed by atoms with Gasteiger partial charge in [-0.2, -0.15) is 5.10 Å². The molecule has 0 aromatic carbocycles. The highest BCUT2D eigenvalue weighted by Gasteiger charge is 2.29. The van der Waals surface area contributed by atoms with Crippen molar-refractivity contribution < 1.29 is 8.42 Å². The molecule has 6 nitrogen and oxygen atoms in total. The van der Waals surface area contributed by atoms with Crippen molar-refractivity contribution in [1.82, 2.24) is 15.2 Å². The van der Waals surface area contributed by atoms with Crippen LogP contribution in [0.15, 0.2) is 23.1 Å². The van der Waals surface area contributed by atoms with Gasteiger partial charge in [0.1, 0.15) is 11.0 Å². The first-order valence-electron chi connectivity index (χ1n) is 9.76. The Balaban J connectivity index is 1.55. The highest BCUT2D eigenvalue weighted by molar-refractivity contribution is 7.92. The molecule has 2 aromatic rings. The number of pyridine rings is 1. The molecule has 27 heavy (non-hydrogen) atoms. The predicted molar refractivity (Wildman–Crippen MR) is 106 cm³/mol. The van der Waals surface area contributed by atoms with E-state index in [1.807, 2.05) is 6.07 Å². The van der Waals surface area contributed by atoms with Gasteiger partial charge in [0.25, 0.3) is 0 Å². The van der Waals surface area contributed by atoms with Crippen LogP contribution in [0.1, 0.15) is 69.4 Å². The van der Waals surface area contributed by atoms with E-state index < -0.39 is 9.84 Å². The standard InChI is InChI=1S/C19H25ClN4O2S/c20-17-10-15(27(25,26)14-8-2-1-3-9-14)11-18(21-17)22-19-12-16(23-24-19)13-6-4-5-7-13/h10-14H,1-9H2,(H2,21,22,23,24). The maximum Gasteiger partial charge on any atom is 0.181 e. The van der Waals surface area contributed by atoms with Crippen LogP contribution in [0.25, 0.3) is 0 Å². The molecule has 0 radical (unpaired) electrons. The number of hydrogen-bond acceptors (Lipinski definition) is 5. The number of rotatable bonds is 5. The van der Waals surface area contributed by atoms with Gasteiger partial charge in [-0.05, 0) is 37.8 Å². The van der Waals surface area contributed by atoms with Gasteiger partial charge in [0, 0.05) is 17.7 Å². The van der Waals surface area contributed by atoms with E-state index >= 15 is 0 Å². The molecule has 0 atom stereocenters. The fraction of sp³-hybridized carbons (Fsp3) is 0.579. The van der Waals surface area contributed by atoms with Crippen molar-refractivity contribution in [2.75, 3.05) is 5.32 Å². The average molecular weight is 409 g/mol. The van der Waals surface area contributed by atoms with Crippen LogP contribution in [0.2, 0.25) is 5.15 Å². The highest BCUT2D eigenvalue weighted by atomic mass is 35.5. The fourth-order valence-electron chi connectivity index (χ4n) is 4.25. The first kappa shape index (κ1) is 18.7. The fourth-order valence-corrected chi connectivity index (χ4v) is 6.41. The van der Waals surface area contributed by atoms with Crippen molar-refractivity contribution in [3.63, 3.8) is 0 Å². The van der Waals surface area contributed by atoms with E-state index in [9.17, 15) is 8.42 Å². The van der Waals surface area contributed by atoms with Crippen molar-refractivity contribution in [1.29, 1.82) is 0 Å². The van der Waals surface area contributed by atoms with E-state index in [2.05, 4.69) is 20.5 Å². The Morgan fingerprint density at radius 3 is 2.41 bits per heavy atom. The Bertz CT molecular complexity index is 900. The van der Waals surface area contributed by atoms with Gasteiger partial charge in [0.05, 0.1) is 10.1 Å². The first-order chi connectivity index (χ1) is 13.0. The number of H-pyrrole nitrogens is 1. The van der Waals surface area contributed by atoms with E-state index in [1.54, 1.807) is 6.07 Å². The smallest absolute Gasteiger partial charge is 0.181 e. The first-order valence-corrected chi connectivity index (χ1v) is 11.7. The molecule has 0 unspecified atom stereocenters. The molecule has 2 aliphatic carbocycles. The third-order valence-electron chi connectivity index (χ3n) is 5.74. The maximum absolute atomic E-state index is 13.0. The Hall–Kier alpha value is -1.60. The zero-order valence-electron chi connectivity index (χ0n) is 15.2. The van der Waals surface area contributed by atoms with Crippen LogP contribution in [0.3, 0.4) is 0 Å². The second-order valence-electron chi connectivity index (χ2n) is 7.63. The molecule has 0 amide bonds. The van der Waals surface area contributed by atoms with Gasteiger partial charge in [-0.15, -0.1) is 0 Å².